The molecule has 7 heteroatoms. The van der Waals surface area contributed by atoms with Crippen LogP contribution < -0.4 is 4.74 Å². The normalized spacial score (nSPS) is 10.1. The maximum absolute atomic E-state index is 11.5. The van der Waals surface area contributed by atoms with Crippen LogP contribution in [0.3, 0.4) is 0 Å². The van der Waals surface area contributed by atoms with Crippen molar-refractivity contribution in [3.63, 3.8) is 0 Å². The molecule has 22 heavy (non-hydrogen) atoms. The summed E-state index contributed by atoms with van der Waals surface area (Å²) < 4.78 is 10.4. The van der Waals surface area contributed by atoms with Gasteiger partial charge in [-0.3, -0.25) is 10.1 Å². The Labute approximate surface area is 131 Å². The van der Waals surface area contributed by atoms with Crippen LogP contribution in [-0.4, -0.2) is 17.5 Å². The van der Waals surface area contributed by atoms with Crippen LogP contribution in [0.25, 0.3) is 0 Å². The van der Waals surface area contributed by atoms with Gasteiger partial charge in [0.2, 0.25) is 0 Å². The first kappa shape index (κ1) is 15.8. The van der Waals surface area contributed by atoms with Crippen LogP contribution in [0.15, 0.2) is 42.5 Å². The highest BCUT2D eigenvalue weighted by atomic mass is 35.5. The summed E-state index contributed by atoms with van der Waals surface area (Å²) in [4.78, 5) is 21.6. The lowest BCUT2D eigenvalue weighted by Gasteiger charge is -2.08. The van der Waals surface area contributed by atoms with E-state index in [1.807, 2.05) is 0 Å². The maximum atomic E-state index is 11.5. The highest BCUT2D eigenvalue weighted by molar-refractivity contribution is 6.32. The first-order valence-corrected chi connectivity index (χ1v) is 6.78. The van der Waals surface area contributed by atoms with Crippen LogP contribution in [0.4, 0.5) is 5.69 Å². The lowest BCUT2D eigenvalue weighted by Crippen LogP contribution is -2.04. The molecule has 0 heterocycles. The summed E-state index contributed by atoms with van der Waals surface area (Å²) in [7, 11) is 0. The van der Waals surface area contributed by atoms with Gasteiger partial charge in [0.25, 0.3) is 5.69 Å². The van der Waals surface area contributed by atoms with Gasteiger partial charge >= 0.3 is 5.97 Å². The Bertz CT molecular complexity index is 700. The van der Waals surface area contributed by atoms with Crippen LogP contribution in [0, 0.1) is 10.1 Å². The van der Waals surface area contributed by atoms with E-state index in [4.69, 9.17) is 21.1 Å². The van der Waals surface area contributed by atoms with Crippen molar-refractivity contribution in [3.05, 3.63) is 63.2 Å². The van der Waals surface area contributed by atoms with E-state index in [0.717, 1.165) is 0 Å². The van der Waals surface area contributed by atoms with Gasteiger partial charge in [-0.05, 0) is 37.3 Å². The molecule has 0 saturated carbocycles. The molecule has 0 radical (unpaired) electrons. The van der Waals surface area contributed by atoms with Gasteiger partial charge in [0, 0.05) is 12.1 Å². The molecule has 0 amide bonds. The summed E-state index contributed by atoms with van der Waals surface area (Å²) in [5.74, 6) is 0.322. The number of hydrogen-bond donors (Lipinski definition) is 0. The summed E-state index contributed by atoms with van der Waals surface area (Å²) >= 11 is 5.94. The minimum atomic E-state index is -0.538. The molecule has 0 unspecified atom stereocenters. The van der Waals surface area contributed by atoms with Crippen LogP contribution in [0.5, 0.6) is 11.5 Å². The minimum Gasteiger partial charge on any atom is -0.462 e. The Morgan fingerprint density at radius 2 is 1.91 bits per heavy atom. The van der Waals surface area contributed by atoms with Crippen molar-refractivity contribution in [1.82, 2.24) is 0 Å². The van der Waals surface area contributed by atoms with E-state index in [0.29, 0.717) is 17.9 Å². The van der Waals surface area contributed by atoms with E-state index in [1.54, 1.807) is 31.2 Å². The second kappa shape index (κ2) is 6.91. The number of nitro benzene ring substituents is 1. The van der Waals surface area contributed by atoms with Crippen LogP contribution >= 0.6 is 11.6 Å². The minimum absolute atomic E-state index is 0.116. The zero-order valence-electron chi connectivity index (χ0n) is 11.6. The second-order valence-electron chi connectivity index (χ2n) is 4.22. The van der Waals surface area contributed by atoms with Gasteiger partial charge in [-0.1, -0.05) is 11.6 Å². The molecule has 2 rings (SSSR count). The molecule has 0 spiro atoms. The average molecular weight is 322 g/mol. The monoisotopic (exact) mass is 321 g/mol. The predicted molar refractivity (Wildman–Crippen MR) is 80.6 cm³/mol. The summed E-state index contributed by atoms with van der Waals surface area (Å²) in [6.07, 6.45) is 0. The van der Waals surface area contributed by atoms with Crippen molar-refractivity contribution in [2.45, 2.75) is 6.92 Å². The molecular weight excluding hydrogens is 310 g/mol. The summed E-state index contributed by atoms with van der Waals surface area (Å²) in [6, 6.07) is 10.2. The van der Waals surface area contributed by atoms with E-state index < -0.39 is 10.9 Å². The topological polar surface area (TPSA) is 78.7 Å². The molecule has 0 bridgehead atoms. The summed E-state index contributed by atoms with van der Waals surface area (Å²) in [5, 5.41) is 10.8. The van der Waals surface area contributed by atoms with Gasteiger partial charge in [-0.25, -0.2) is 4.79 Å². The number of esters is 1. The van der Waals surface area contributed by atoms with Crippen molar-refractivity contribution in [2.24, 2.45) is 0 Å². The van der Waals surface area contributed by atoms with Crippen LogP contribution in [0.1, 0.15) is 17.3 Å². The molecule has 6 nitrogen and oxygen atoms in total. The lowest BCUT2D eigenvalue weighted by atomic mass is 10.2. The molecular formula is C15H12ClNO5. The van der Waals surface area contributed by atoms with Gasteiger partial charge in [-0.15, -0.1) is 0 Å². The standard InChI is InChI=1S/C15H12ClNO5/c1-2-21-15(18)10-3-6-12(7-4-10)22-14-8-5-11(17(19)20)9-13(14)16/h3-9H,2H2,1H3. The Kier molecular flexibility index (Phi) is 4.95. The first-order valence-electron chi connectivity index (χ1n) is 6.40. The Morgan fingerprint density at radius 1 is 1.23 bits per heavy atom. The summed E-state index contributed by atoms with van der Waals surface area (Å²) in [6.45, 7) is 2.03. The third kappa shape index (κ3) is 3.73. The molecule has 114 valence electrons. The number of carbonyl (C=O) groups excluding carboxylic acids is 1. The third-order valence-electron chi connectivity index (χ3n) is 2.72. The van der Waals surface area contributed by atoms with E-state index in [-0.39, 0.29) is 16.5 Å². The van der Waals surface area contributed by atoms with Crippen LogP contribution in [0.2, 0.25) is 5.02 Å². The summed E-state index contributed by atoms with van der Waals surface area (Å²) in [5.41, 5.74) is 0.291. The van der Waals surface area contributed by atoms with E-state index in [2.05, 4.69) is 0 Å². The van der Waals surface area contributed by atoms with Gasteiger partial charge in [-0.2, -0.15) is 0 Å². The number of carbonyl (C=O) groups is 1. The number of nitrogens with zero attached hydrogens (tertiary/aromatic N) is 1. The Morgan fingerprint density at radius 3 is 2.45 bits per heavy atom. The molecule has 0 aliphatic rings. The number of rotatable bonds is 5. The molecule has 2 aromatic rings. The number of non-ortho nitro benzene ring substituents is 1. The maximum Gasteiger partial charge on any atom is 0.338 e. The lowest BCUT2D eigenvalue weighted by molar-refractivity contribution is -0.384. The predicted octanol–water partition coefficient (Wildman–Crippen LogP) is 4.22. The highest BCUT2D eigenvalue weighted by Gasteiger charge is 2.11. The fraction of sp³-hybridized carbons (Fsp3) is 0.133. The number of nitro groups is 1. The van der Waals surface area contributed by atoms with Crippen molar-refractivity contribution >= 4 is 23.3 Å². The second-order valence-corrected chi connectivity index (χ2v) is 4.63. The van der Waals surface area contributed by atoms with Crippen molar-refractivity contribution < 1.29 is 19.2 Å². The van der Waals surface area contributed by atoms with Gasteiger partial charge < -0.3 is 9.47 Å². The number of ether oxygens (including phenoxy) is 2. The third-order valence-corrected chi connectivity index (χ3v) is 3.01. The fourth-order valence-electron chi connectivity index (χ4n) is 1.69. The van der Waals surface area contributed by atoms with Gasteiger partial charge in [0.05, 0.1) is 22.1 Å². The smallest absolute Gasteiger partial charge is 0.338 e. The molecule has 2 aromatic carbocycles. The zero-order chi connectivity index (χ0) is 16.1. The van der Waals surface area contributed by atoms with Crippen molar-refractivity contribution in [2.75, 3.05) is 6.61 Å². The van der Waals surface area contributed by atoms with E-state index in [9.17, 15) is 14.9 Å². The number of benzene rings is 2. The van der Waals surface area contributed by atoms with Crippen molar-refractivity contribution in [3.8, 4) is 11.5 Å². The average Bonchev–Trinajstić information content (AvgIpc) is 2.50. The fourth-order valence-corrected chi connectivity index (χ4v) is 1.90. The SMILES string of the molecule is CCOC(=O)c1ccc(Oc2ccc([N+](=O)[O-])cc2Cl)cc1. The number of halogens is 1. The molecule has 0 aliphatic heterocycles. The first-order chi connectivity index (χ1) is 10.5. The zero-order valence-corrected chi connectivity index (χ0v) is 12.4. The van der Waals surface area contributed by atoms with Gasteiger partial charge in [0.1, 0.15) is 11.5 Å². The Hall–Kier alpha value is -2.60. The van der Waals surface area contributed by atoms with E-state index in [1.165, 1.54) is 18.2 Å². The molecule has 0 fully saturated rings. The van der Waals surface area contributed by atoms with Crippen molar-refractivity contribution in [1.29, 1.82) is 0 Å². The molecule has 0 aliphatic carbocycles. The Balaban J connectivity index is 2.14. The van der Waals surface area contributed by atoms with Gasteiger partial charge in [0.15, 0.2) is 0 Å². The molecule has 0 saturated heterocycles. The molecule has 0 aromatic heterocycles. The quantitative estimate of drug-likeness (QED) is 0.468. The van der Waals surface area contributed by atoms with Crippen LogP contribution in [-0.2, 0) is 4.74 Å². The number of hydrogen-bond acceptors (Lipinski definition) is 5. The van der Waals surface area contributed by atoms with E-state index >= 15 is 0 Å². The largest absolute Gasteiger partial charge is 0.462 e. The molecule has 0 N–H and O–H groups in total. The molecule has 0 atom stereocenters. The highest BCUT2D eigenvalue weighted by Crippen LogP contribution is 2.32.